The summed E-state index contributed by atoms with van der Waals surface area (Å²) in [5.74, 6) is -0.931. The van der Waals surface area contributed by atoms with Crippen molar-refractivity contribution in [3.05, 3.63) is 57.9 Å². The molecule has 0 aliphatic heterocycles. The number of halogens is 1. The summed E-state index contributed by atoms with van der Waals surface area (Å²) in [6.07, 6.45) is 2.93. The summed E-state index contributed by atoms with van der Waals surface area (Å²) in [4.78, 5) is 23.7. The summed E-state index contributed by atoms with van der Waals surface area (Å²) in [7, 11) is 1.83. The standard InChI is InChI=1S/C17H17ClN2O3/c1-11-13(12(2)20(3)19-11)8-9-17(22)23-10-16(21)14-6-4-5-7-15(14)18/h4-9H,10H2,1-3H3/b9-8+. The van der Waals surface area contributed by atoms with Crippen LogP contribution in [0.3, 0.4) is 0 Å². The van der Waals surface area contributed by atoms with Crippen LogP contribution < -0.4 is 0 Å². The Labute approximate surface area is 139 Å². The molecule has 2 aromatic rings. The Balaban J connectivity index is 1.96. The molecule has 1 heterocycles. The van der Waals surface area contributed by atoms with Crippen LogP contribution in [0.1, 0.15) is 27.3 Å². The number of carbonyl (C=O) groups is 2. The van der Waals surface area contributed by atoms with Crippen molar-refractivity contribution in [2.24, 2.45) is 7.05 Å². The maximum Gasteiger partial charge on any atom is 0.331 e. The quantitative estimate of drug-likeness (QED) is 0.479. The van der Waals surface area contributed by atoms with E-state index in [1.807, 2.05) is 20.9 Å². The normalized spacial score (nSPS) is 11.0. The Hall–Kier alpha value is -2.40. The Bertz CT molecular complexity index is 778. The van der Waals surface area contributed by atoms with Crippen molar-refractivity contribution in [1.82, 2.24) is 9.78 Å². The maximum atomic E-state index is 12.0. The number of esters is 1. The first-order chi connectivity index (χ1) is 10.9. The molecule has 0 fully saturated rings. The number of Topliss-reactive ketones (excluding diaryl/α,β-unsaturated/α-hetero) is 1. The van der Waals surface area contributed by atoms with E-state index < -0.39 is 5.97 Å². The average molecular weight is 333 g/mol. The van der Waals surface area contributed by atoms with Gasteiger partial charge in [0, 0.05) is 29.9 Å². The van der Waals surface area contributed by atoms with Gasteiger partial charge in [-0.1, -0.05) is 23.7 Å². The van der Waals surface area contributed by atoms with Crippen molar-refractivity contribution in [2.45, 2.75) is 13.8 Å². The fourth-order valence-corrected chi connectivity index (χ4v) is 2.37. The number of benzene rings is 1. The second-order valence-corrected chi connectivity index (χ2v) is 5.46. The van der Waals surface area contributed by atoms with E-state index in [0.717, 1.165) is 17.0 Å². The van der Waals surface area contributed by atoms with E-state index in [4.69, 9.17) is 16.3 Å². The maximum absolute atomic E-state index is 12.0. The van der Waals surface area contributed by atoms with Crippen LogP contribution >= 0.6 is 11.6 Å². The van der Waals surface area contributed by atoms with E-state index in [-0.39, 0.29) is 12.4 Å². The zero-order valence-corrected chi connectivity index (χ0v) is 13.9. The molecule has 0 unspecified atom stereocenters. The van der Waals surface area contributed by atoms with Gasteiger partial charge >= 0.3 is 5.97 Å². The monoisotopic (exact) mass is 332 g/mol. The molecule has 0 saturated heterocycles. The summed E-state index contributed by atoms with van der Waals surface area (Å²) >= 11 is 5.93. The zero-order valence-electron chi connectivity index (χ0n) is 13.2. The SMILES string of the molecule is Cc1nn(C)c(C)c1/C=C/C(=O)OCC(=O)c1ccccc1Cl. The van der Waals surface area contributed by atoms with Crippen molar-refractivity contribution in [1.29, 1.82) is 0 Å². The number of nitrogens with zero attached hydrogens (tertiary/aromatic N) is 2. The van der Waals surface area contributed by atoms with Gasteiger partial charge in [0.15, 0.2) is 6.61 Å². The van der Waals surface area contributed by atoms with E-state index in [1.54, 1.807) is 35.0 Å². The van der Waals surface area contributed by atoms with Crippen LogP contribution in [0.5, 0.6) is 0 Å². The lowest BCUT2D eigenvalue weighted by atomic mass is 10.1. The van der Waals surface area contributed by atoms with Gasteiger partial charge in [-0.15, -0.1) is 0 Å². The summed E-state index contributed by atoms with van der Waals surface area (Å²) < 4.78 is 6.70. The topological polar surface area (TPSA) is 61.2 Å². The number of rotatable bonds is 5. The smallest absolute Gasteiger partial charge is 0.331 e. The fraction of sp³-hybridized carbons (Fsp3) is 0.235. The molecule has 23 heavy (non-hydrogen) atoms. The van der Waals surface area contributed by atoms with Crippen molar-refractivity contribution in [2.75, 3.05) is 6.61 Å². The van der Waals surface area contributed by atoms with Gasteiger partial charge in [-0.05, 0) is 32.1 Å². The number of ether oxygens (including phenoxy) is 1. The lowest BCUT2D eigenvalue weighted by Crippen LogP contribution is -2.12. The van der Waals surface area contributed by atoms with Crippen molar-refractivity contribution < 1.29 is 14.3 Å². The molecule has 0 bridgehead atoms. The lowest BCUT2D eigenvalue weighted by Gasteiger charge is -2.03. The van der Waals surface area contributed by atoms with Gasteiger partial charge < -0.3 is 4.74 Å². The highest BCUT2D eigenvalue weighted by Crippen LogP contribution is 2.16. The minimum atomic E-state index is -0.590. The molecule has 2 rings (SSSR count). The number of hydrogen-bond acceptors (Lipinski definition) is 4. The molecule has 0 aliphatic rings. The van der Waals surface area contributed by atoms with E-state index in [9.17, 15) is 9.59 Å². The van der Waals surface area contributed by atoms with E-state index in [2.05, 4.69) is 5.10 Å². The molecule has 1 aromatic heterocycles. The third-order valence-corrected chi connectivity index (χ3v) is 3.80. The Kier molecular flexibility index (Phi) is 5.34. The van der Waals surface area contributed by atoms with Crippen molar-refractivity contribution in [3.63, 3.8) is 0 Å². The van der Waals surface area contributed by atoms with Gasteiger partial charge in [-0.25, -0.2) is 4.79 Å². The first-order valence-corrected chi connectivity index (χ1v) is 7.40. The second-order valence-electron chi connectivity index (χ2n) is 5.05. The third kappa shape index (κ3) is 4.07. The number of aromatic nitrogens is 2. The Morgan fingerprint density at radius 2 is 2.00 bits per heavy atom. The van der Waals surface area contributed by atoms with Crippen LogP contribution in [0.15, 0.2) is 30.3 Å². The number of ketones is 1. The van der Waals surface area contributed by atoms with Crippen LogP contribution in [-0.4, -0.2) is 28.1 Å². The zero-order chi connectivity index (χ0) is 17.0. The van der Waals surface area contributed by atoms with E-state index >= 15 is 0 Å². The largest absolute Gasteiger partial charge is 0.454 e. The van der Waals surface area contributed by atoms with Crippen molar-refractivity contribution >= 4 is 29.4 Å². The predicted molar refractivity (Wildman–Crippen MR) is 88.5 cm³/mol. The van der Waals surface area contributed by atoms with E-state index in [0.29, 0.717) is 10.6 Å². The van der Waals surface area contributed by atoms with Crippen LogP contribution in [0.25, 0.3) is 6.08 Å². The first kappa shape index (κ1) is 17.0. The van der Waals surface area contributed by atoms with Gasteiger partial charge in [0.1, 0.15) is 0 Å². The first-order valence-electron chi connectivity index (χ1n) is 7.03. The minimum Gasteiger partial charge on any atom is -0.454 e. The van der Waals surface area contributed by atoms with Crippen LogP contribution in [0.4, 0.5) is 0 Å². The number of aryl methyl sites for hydroxylation is 2. The molecule has 6 heteroatoms. The molecule has 0 atom stereocenters. The Morgan fingerprint density at radius 3 is 2.61 bits per heavy atom. The van der Waals surface area contributed by atoms with Crippen LogP contribution in [0, 0.1) is 13.8 Å². The number of carbonyl (C=O) groups excluding carboxylic acids is 2. The minimum absolute atomic E-state index is 0.338. The molecular weight excluding hydrogens is 316 g/mol. The van der Waals surface area contributed by atoms with Gasteiger partial charge in [-0.2, -0.15) is 5.10 Å². The fourth-order valence-electron chi connectivity index (χ4n) is 2.13. The molecule has 0 spiro atoms. The summed E-state index contributed by atoms with van der Waals surface area (Å²) in [5.41, 5.74) is 2.96. The molecular formula is C17H17ClN2O3. The summed E-state index contributed by atoms with van der Waals surface area (Å²) in [5, 5.41) is 4.60. The summed E-state index contributed by atoms with van der Waals surface area (Å²) in [6, 6.07) is 6.64. The van der Waals surface area contributed by atoms with Gasteiger partial charge in [0.2, 0.25) is 5.78 Å². The predicted octanol–water partition coefficient (Wildman–Crippen LogP) is 3.13. The molecule has 0 saturated carbocycles. The second kappa shape index (κ2) is 7.24. The molecule has 120 valence electrons. The molecule has 0 N–H and O–H groups in total. The highest BCUT2D eigenvalue weighted by molar-refractivity contribution is 6.34. The van der Waals surface area contributed by atoms with Crippen LogP contribution in [0.2, 0.25) is 5.02 Å². The Morgan fingerprint density at radius 1 is 1.30 bits per heavy atom. The van der Waals surface area contributed by atoms with E-state index in [1.165, 1.54) is 6.08 Å². The molecule has 0 aliphatic carbocycles. The lowest BCUT2D eigenvalue weighted by molar-refractivity contribution is -0.136. The van der Waals surface area contributed by atoms with Gasteiger partial charge in [0.05, 0.1) is 10.7 Å². The number of hydrogen-bond donors (Lipinski definition) is 0. The van der Waals surface area contributed by atoms with Crippen LogP contribution in [-0.2, 0) is 16.6 Å². The molecule has 0 radical (unpaired) electrons. The highest BCUT2D eigenvalue weighted by atomic mass is 35.5. The van der Waals surface area contributed by atoms with Gasteiger partial charge in [0.25, 0.3) is 0 Å². The van der Waals surface area contributed by atoms with Gasteiger partial charge in [-0.3, -0.25) is 9.48 Å². The molecule has 1 aromatic carbocycles. The highest BCUT2D eigenvalue weighted by Gasteiger charge is 2.12. The molecule has 0 amide bonds. The average Bonchev–Trinajstić information content (AvgIpc) is 2.76. The summed E-state index contributed by atoms with van der Waals surface area (Å²) in [6.45, 7) is 3.42. The molecule has 5 nitrogen and oxygen atoms in total. The third-order valence-electron chi connectivity index (χ3n) is 3.47. The van der Waals surface area contributed by atoms with Crippen molar-refractivity contribution in [3.8, 4) is 0 Å².